The molecular weight excluding hydrogens is 217 g/mol. The summed E-state index contributed by atoms with van der Waals surface area (Å²) in [5.41, 5.74) is 1.03. The van der Waals surface area contributed by atoms with Crippen LogP contribution >= 0.6 is 0 Å². The summed E-state index contributed by atoms with van der Waals surface area (Å²) in [5, 5.41) is 0. The molecule has 2 nitrogen and oxygen atoms in total. The van der Waals surface area contributed by atoms with E-state index in [0.29, 0.717) is 6.04 Å². The van der Waals surface area contributed by atoms with Crippen molar-refractivity contribution in [2.45, 2.75) is 13.0 Å². The molecule has 3 heteroatoms. The lowest BCUT2D eigenvalue weighted by atomic mass is 10.1. The van der Waals surface area contributed by atoms with Gasteiger partial charge in [0.15, 0.2) is 0 Å². The van der Waals surface area contributed by atoms with E-state index >= 15 is 0 Å². The highest BCUT2D eigenvalue weighted by Crippen LogP contribution is 2.09. The zero-order chi connectivity index (χ0) is 12.1. The third-order valence-corrected chi connectivity index (χ3v) is 3.06. The van der Waals surface area contributed by atoms with Gasteiger partial charge < -0.3 is 4.74 Å². The van der Waals surface area contributed by atoms with E-state index in [1.807, 2.05) is 6.08 Å². The first-order chi connectivity index (χ1) is 8.25. The van der Waals surface area contributed by atoms with Crippen LogP contribution in [0.15, 0.2) is 30.3 Å². The summed E-state index contributed by atoms with van der Waals surface area (Å²) in [6, 6.07) is 6.94. The zero-order valence-corrected chi connectivity index (χ0v) is 10.1. The summed E-state index contributed by atoms with van der Waals surface area (Å²) in [4.78, 5) is 2.38. The Morgan fingerprint density at radius 1 is 1.24 bits per heavy atom. The monoisotopic (exact) mass is 235 g/mol. The highest BCUT2D eigenvalue weighted by Gasteiger charge is 2.14. The Balaban J connectivity index is 1.92. The molecule has 1 fully saturated rings. The van der Waals surface area contributed by atoms with E-state index < -0.39 is 0 Å². The highest BCUT2D eigenvalue weighted by molar-refractivity contribution is 5.49. The van der Waals surface area contributed by atoms with Crippen molar-refractivity contribution >= 4 is 6.08 Å². The average Bonchev–Trinajstić information content (AvgIpc) is 2.39. The van der Waals surface area contributed by atoms with Crippen LogP contribution in [0, 0.1) is 5.82 Å². The Kier molecular flexibility index (Phi) is 4.29. The molecule has 0 bridgehead atoms. The van der Waals surface area contributed by atoms with E-state index in [1.165, 1.54) is 12.1 Å². The van der Waals surface area contributed by atoms with Gasteiger partial charge in [0, 0.05) is 19.1 Å². The Hall–Kier alpha value is -1.19. The van der Waals surface area contributed by atoms with Gasteiger partial charge in [0.2, 0.25) is 0 Å². The van der Waals surface area contributed by atoms with Crippen LogP contribution in [0.2, 0.25) is 0 Å². The van der Waals surface area contributed by atoms with E-state index in [9.17, 15) is 4.39 Å². The molecule has 0 radical (unpaired) electrons. The van der Waals surface area contributed by atoms with Crippen LogP contribution in [0.5, 0.6) is 0 Å². The van der Waals surface area contributed by atoms with Gasteiger partial charge in [-0.3, -0.25) is 4.90 Å². The van der Waals surface area contributed by atoms with E-state index in [1.54, 1.807) is 12.1 Å². The van der Waals surface area contributed by atoms with Gasteiger partial charge >= 0.3 is 0 Å². The van der Waals surface area contributed by atoms with Crippen LogP contribution in [0.1, 0.15) is 12.5 Å². The molecule has 92 valence electrons. The third kappa shape index (κ3) is 3.65. The first-order valence-corrected chi connectivity index (χ1v) is 6.01. The number of benzene rings is 1. The summed E-state index contributed by atoms with van der Waals surface area (Å²) in [6.07, 6.45) is 4.19. The lowest BCUT2D eigenvalue weighted by Gasteiger charge is -2.30. The minimum atomic E-state index is -0.191. The zero-order valence-electron chi connectivity index (χ0n) is 10.1. The van der Waals surface area contributed by atoms with E-state index in [-0.39, 0.29) is 5.82 Å². The molecule has 1 saturated heterocycles. The molecule has 1 atom stereocenters. The van der Waals surface area contributed by atoms with E-state index in [0.717, 1.165) is 31.9 Å². The molecular formula is C14H18FNO. The smallest absolute Gasteiger partial charge is 0.123 e. The Bertz CT molecular complexity index is 368. The normalized spacial score (nSPS) is 19.6. The number of nitrogens with zero attached hydrogens (tertiary/aromatic N) is 1. The van der Waals surface area contributed by atoms with Gasteiger partial charge in [-0.05, 0) is 24.6 Å². The average molecular weight is 235 g/mol. The molecule has 1 aliphatic heterocycles. The predicted octanol–water partition coefficient (Wildman–Crippen LogP) is 2.56. The second-order valence-corrected chi connectivity index (χ2v) is 4.30. The maximum atomic E-state index is 12.7. The molecule has 1 heterocycles. The van der Waals surface area contributed by atoms with Crippen molar-refractivity contribution in [1.29, 1.82) is 0 Å². The van der Waals surface area contributed by atoms with Crippen molar-refractivity contribution < 1.29 is 9.13 Å². The lowest BCUT2D eigenvalue weighted by molar-refractivity contribution is 0.0288. The SMILES string of the molecule is CC(C=Cc1ccc(F)cc1)N1CCOCC1. The minimum Gasteiger partial charge on any atom is -0.379 e. The standard InChI is InChI=1S/C14H18FNO/c1-12(16-8-10-17-11-9-16)2-3-13-4-6-14(15)7-5-13/h2-7,12H,8-11H2,1H3. The first-order valence-electron chi connectivity index (χ1n) is 6.01. The molecule has 1 aromatic rings. The Morgan fingerprint density at radius 2 is 1.88 bits per heavy atom. The fourth-order valence-corrected chi connectivity index (χ4v) is 1.93. The van der Waals surface area contributed by atoms with Gasteiger partial charge in [-0.1, -0.05) is 24.3 Å². The largest absolute Gasteiger partial charge is 0.379 e. The number of halogens is 1. The van der Waals surface area contributed by atoms with Crippen LogP contribution in [0.3, 0.4) is 0 Å². The van der Waals surface area contributed by atoms with Crippen molar-refractivity contribution in [2.24, 2.45) is 0 Å². The summed E-state index contributed by atoms with van der Waals surface area (Å²) in [6.45, 7) is 5.76. The number of hydrogen-bond acceptors (Lipinski definition) is 2. The molecule has 1 aromatic carbocycles. The molecule has 0 spiro atoms. The molecule has 2 rings (SSSR count). The van der Waals surface area contributed by atoms with Gasteiger partial charge in [-0.2, -0.15) is 0 Å². The highest BCUT2D eigenvalue weighted by atomic mass is 19.1. The van der Waals surface area contributed by atoms with Crippen LogP contribution < -0.4 is 0 Å². The topological polar surface area (TPSA) is 12.5 Å². The lowest BCUT2D eigenvalue weighted by Crippen LogP contribution is -2.41. The predicted molar refractivity (Wildman–Crippen MR) is 67.3 cm³/mol. The van der Waals surface area contributed by atoms with Crippen LogP contribution in [0.4, 0.5) is 4.39 Å². The van der Waals surface area contributed by atoms with Crippen molar-refractivity contribution in [3.05, 3.63) is 41.7 Å². The van der Waals surface area contributed by atoms with Crippen LogP contribution in [0.25, 0.3) is 6.08 Å². The van der Waals surface area contributed by atoms with Crippen molar-refractivity contribution in [3.8, 4) is 0 Å². The summed E-state index contributed by atoms with van der Waals surface area (Å²) in [5.74, 6) is -0.191. The number of rotatable bonds is 3. The number of hydrogen-bond donors (Lipinski definition) is 0. The molecule has 0 amide bonds. The molecule has 17 heavy (non-hydrogen) atoms. The fraction of sp³-hybridized carbons (Fsp3) is 0.429. The molecule has 0 aromatic heterocycles. The summed E-state index contributed by atoms with van der Waals surface area (Å²) < 4.78 is 18.0. The Labute approximate surface area is 102 Å². The van der Waals surface area contributed by atoms with Gasteiger partial charge in [0.1, 0.15) is 5.82 Å². The molecule has 0 saturated carbocycles. The first kappa shape index (κ1) is 12.3. The van der Waals surface area contributed by atoms with Gasteiger partial charge in [-0.25, -0.2) is 4.39 Å². The number of ether oxygens (including phenoxy) is 1. The van der Waals surface area contributed by atoms with E-state index in [4.69, 9.17) is 4.74 Å². The second-order valence-electron chi connectivity index (χ2n) is 4.30. The molecule has 1 unspecified atom stereocenters. The fourth-order valence-electron chi connectivity index (χ4n) is 1.93. The van der Waals surface area contributed by atoms with Gasteiger partial charge in [0.05, 0.1) is 13.2 Å². The number of morpholine rings is 1. The molecule has 0 N–H and O–H groups in total. The summed E-state index contributed by atoms with van der Waals surface area (Å²) in [7, 11) is 0. The summed E-state index contributed by atoms with van der Waals surface area (Å²) >= 11 is 0. The molecule has 1 aliphatic rings. The minimum absolute atomic E-state index is 0.191. The van der Waals surface area contributed by atoms with Crippen molar-refractivity contribution in [2.75, 3.05) is 26.3 Å². The second kappa shape index (κ2) is 5.94. The van der Waals surface area contributed by atoms with Gasteiger partial charge in [-0.15, -0.1) is 0 Å². The maximum Gasteiger partial charge on any atom is 0.123 e. The molecule has 0 aliphatic carbocycles. The quantitative estimate of drug-likeness (QED) is 0.798. The van der Waals surface area contributed by atoms with E-state index in [2.05, 4.69) is 17.9 Å². The van der Waals surface area contributed by atoms with Crippen LogP contribution in [-0.2, 0) is 4.74 Å². The van der Waals surface area contributed by atoms with Crippen molar-refractivity contribution in [1.82, 2.24) is 4.90 Å². The van der Waals surface area contributed by atoms with Crippen LogP contribution in [-0.4, -0.2) is 37.2 Å². The Morgan fingerprint density at radius 3 is 2.53 bits per heavy atom. The van der Waals surface area contributed by atoms with Gasteiger partial charge in [0.25, 0.3) is 0 Å². The maximum absolute atomic E-state index is 12.7. The van der Waals surface area contributed by atoms with Crippen molar-refractivity contribution in [3.63, 3.8) is 0 Å². The third-order valence-electron chi connectivity index (χ3n) is 3.06.